The fourth-order valence-corrected chi connectivity index (χ4v) is 6.53. The number of carbonyl (C=O) groups is 1. The summed E-state index contributed by atoms with van der Waals surface area (Å²) < 4.78 is 0. The lowest BCUT2D eigenvalue weighted by Crippen LogP contribution is -2.48. The van der Waals surface area contributed by atoms with Gasteiger partial charge in [0, 0.05) is 11.9 Å². The first-order valence-corrected chi connectivity index (χ1v) is 10.4. The van der Waals surface area contributed by atoms with E-state index in [0.29, 0.717) is 11.0 Å². The van der Waals surface area contributed by atoms with Gasteiger partial charge in [0.15, 0.2) is 0 Å². The van der Waals surface area contributed by atoms with E-state index in [9.17, 15) is 4.79 Å². The van der Waals surface area contributed by atoms with Gasteiger partial charge in [0.05, 0.1) is 17.3 Å². The van der Waals surface area contributed by atoms with Crippen molar-refractivity contribution in [1.29, 1.82) is 0 Å². The molecule has 1 amide bonds. The number of hydrogen-bond donors (Lipinski definition) is 2. The average Bonchev–Trinajstić information content (AvgIpc) is 3.15. The van der Waals surface area contributed by atoms with Gasteiger partial charge in [-0.2, -0.15) is 5.10 Å². The fraction of sp³-hybridized carbons (Fsp3) is 0.435. The predicted molar refractivity (Wildman–Crippen MR) is 108 cm³/mol. The number of H-pyrrole nitrogens is 1. The van der Waals surface area contributed by atoms with Crippen molar-refractivity contribution < 1.29 is 4.79 Å². The molecule has 5 heteroatoms. The number of aromatic nitrogens is 3. The molecule has 0 radical (unpaired) electrons. The Labute approximate surface area is 163 Å². The quantitative estimate of drug-likeness (QED) is 0.701. The van der Waals surface area contributed by atoms with Gasteiger partial charge in [-0.05, 0) is 85.5 Å². The minimum absolute atomic E-state index is 0.147. The smallest absolute Gasteiger partial charge is 0.257 e. The molecule has 3 aromatic rings. The van der Waals surface area contributed by atoms with Crippen LogP contribution in [0.1, 0.15) is 54.4 Å². The first-order valence-electron chi connectivity index (χ1n) is 10.4. The van der Waals surface area contributed by atoms with Gasteiger partial charge in [0.25, 0.3) is 5.91 Å². The molecule has 0 aliphatic heterocycles. The third-order valence-electron chi connectivity index (χ3n) is 7.35. The summed E-state index contributed by atoms with van der Waals surface area (Å²) in [7, 11) is 0. The van der Waals surface area contributed by atoms with Crippen LogP contribution in [0.15, 0.2) is 42.7 Å². The number of anilines is 1. The van der Waals surface area contributed by atoms with Crippen molar-refractivity contribution >= 4 is 22.6 Å². The summed E-state index contributed by atoms with van der Waals surface area (Å²) >= 11 is 0. The number of pyridine rings is 1. The lowest BCUT2D eigenvalue weighted by Gasteiger charge is -2.57. The van der Waals surface area contributed by atoms with Gasteiger partial charge in [0.2, 0.25) is 0 Å². The lowest BCUT2D eigenvalue weighted by molar-refractivity contribution is -0.00518. The molecule has 1 aromatic carbocycles. The number of nitrogens with one attached hydrogen (secondary N) is 2. The van der Waals surface area contributed by atoms with Crippen molar-refractivity contribution in [2.24, 2.45) is 17.8 Å². The Morgan fingerprint density at radius 1 is 1.00 bits per heavy atom. The van der Waals surface area contributed by atoms with E-state index in [-0.39, 0.29) is 5.91 Å². The molecule has 0 unspecified atom stereocenters. The monoisotopic (exact) mass is 372 g/mol. The van der Waals surface area contributed by atoms with Crippen LogP contribution in [0.5, 0.6) is 0 Å². The van der Waals surface area contributed by atoms with Gasteiger partial charge in [-0.1, -0.05) is 12.1 Å². The third-order valence-corrected chi connectivity index (χ3v) is 7.35. The zero-order valence-electron chi connectivity index (χ0n) is 15.8. The van der Waals surface area contributed by atoms with Gasteiger partial charge in [0.1, 0.15) is 5.52 Å². The number of aromatic amines is 1. The molecule has 4 bridgehead atoms. The van der Waals surface area contributed by atoms with Gasteiger partial charge < -0.3 is 5.32 Å². The van der Waals surface area contributed by atoms with Gasteiger partial charge in [-0.25, -0.2) is 0 Å². The summed E-state index contributed by atoms with van der Waals surface area (Å²) in [5, 5.41) is 9.81. The predicted octanol–water partition coefficient (Wildman–Crippen LogP) is 4.68. The summed E-state index contributed by atoms with van der Waals surface area (Å²) in [5.74, 6) is 2.67. The zero-order chi connectivity index (χ0) is 18.7. The molecular weight excluding hydrogens is 348 g/mol. The number of hydrogen-bond acceptors (Lipinski definition) is 3. The highest BCUT2D eigenvalue weighted by molar-refractivity contribution is 6.05. The van der Waals surface area contributed by atoms with E-state index in [1.165, 1.54) is 44.1 Å². The van der Waals surface area contributed by atoms with Crippen LogP contribution >= 0.6 is 0 Å². The second-order valence-corrected chi connectivity index (χ2v) is 9.26. The molecule has 2 N–H and O–H groups in total. The van der Waals surface area contributed by atoms with Crippen LogP contribution in [0.2, 0.25) is 0 Å². The third kappa shape index (κ3) is 2.56. The van der Waals surface area contributed by atoms with Gasteiger partial charge in [-0.3, -0.25) is 14.9 Å². The van der Waals surface area contributed by atoms with Crippen molar-refractivity contribution in [3.8, 4) is 0 Å². The first-order chi connectivity index (χ1) is 13.7. The standard InChI is InChI=1S/C23H24N4O/c28-22(17-8-20-21(24-12-17)13-25-27-20)26-19-3-1-18(2-4-19)23-9-14-5-15(10-23)7-16(6-14)11-23/h1-4,8,12-16H,5-7,9-11H2,(H,25,27)(H,26,28). The van der Waals surface area contributed by atoms with E-state index >= 15 is 0 Å². The molecule has 5 nitrogen and oxygen atoms in total. The molecule has 2 heterocycles. The lowest BCUT2D eigenvalue weighted by atomic mass is 9.48. The van der Waals surface area contributed by atoms with Gasteiger partial charge >= 0.3 is 0 Å². The van der Waals surface area contributed by atoms with Crippen LogP contribution in [0.3, 0.4) is 0 Å². The molecule has 7 rings (SSSR count). The van der Waals surface area contributed by atoms with Crippen LogP contribution in [0, 0.1) is 17.8 Å². The number of benzene rings is 1. The Bertz CT molecular complexity index is 1020. The zero-order valence-corrected chi connectivity index (χ0v) is 15.8. The molecule has 0 saturated heterocycles. The van der Waals surface area contributed by atoms with Crippen LogP contribution in [-0.2, 0) is 5.41 Å². The molecule has 28 heavy (non-hydrogen) atoms. The van der Waals surface area contributed by atoms with Crippen LogP contribution < -0.4 is 5.32 Å². The normalized spacial score (nSPS) is 30.6. The second-order valence-electron chi connectivity index (χ2n) is 9.26. The van der Waals surface area contributed by atoms with Crippen LogP contribution in [0.4, 0.5) is 5.69 Å². The van der Waals surface area contributed by atoms with E-state index in [0.717, 1.165) is 34.5 Å². The fourth-order valence-electron chi connectivity index (χ4n) is 6.53. The van der Waals surface area contributed by atoms with Crippen LogP contribution in [0.25, 0.3) is 11.0 Å². The first kappa shape index (κ1) is 16.3. The maximum absolute atomic E-state index is 12.6. The maximum Gasteiger partial charge on any atom is 0.257 e. The molecule has 4 aliphatic carbocycles. The number of fused-ring (bicyclic) bond motifs is 1. The molecule has 0 spiro atoms. The molecule has 142 valence electrons. The maximum atomic E-state index is 12.6. The van der Waals surface area contributed by atoms with E-state index < -0.39 is 0 Å². The molecule has 0 atom stereocenters. The SMILES string of the molecule is O=C(Nc1ccc(C23CC4CC(CC(C4)C2)C3)cc1)c1cnc2cn[nH]c2c1. The highest BCUT2D eigenvalue weighted by Crippen LogP contribution is 2.60. The number of nitrogens with zero attached hydrogens (tertiary/aromatic N) is 2. The minimum Gasteiger partial charge on any atom is -0.322 e. The highest BCUT2D eigenvalue weighted by atomic mass is 16.1. The summed E-state index contributed by atoms with van der Waals surface area (Å²) in [5.41, 5.74) is 4.77. The second kappa shape index (κ2) is 5.90. The molecule has 4 fully saturated rings. The van der Waals surface area contributed by atoms with E-state index in [2.05, 4.69) is 44.8 Å². The molecular formula is C23H24N4O. The van der Waals surface area contributed by atoms with Crippen molar-refractivity contribution in [1.82, 2.24) is 15.2 Å². The summed E-state index contributed by atoms with van der Waals surface area (Å²) in [6.45, 7) is 0. The van der Waals surface area contributed by atoms with E-state index in [4.69, 9.17) is 0 Å². The number of carbonyl (C=O) groups excluding carboxylic acids is 1. The number of amides is 1. The Balaban J connectivity index is 1.22. The molecule has 4 aliphatic rings. The molecule has 2 aromatic heterocycles. The average molecular weight is 372 g/mol. The minimum atomic E-state index is -0.147. The molecule has 4 saturated carbocycles. The topological polar surface area (TPSA) is 70.7 Å². The summed E-state index contributed by atoms with van der Waals surface area (Å²) in [6, 6.07) is 10.4. The Morgan fingerprint density at radius 2 is 1.68 bits per heavy atom. The summed E-state index contributed by atoms with van der Waals surface area (Å²) in [4.78, 5) is 16.9. The van der Waals surface area contributed by atoms with Crippen molar-refractivity contribution in [2.45, 2.75) is 43.9 Å². The Kier molecular flexibility index (Phi) is 3.43. The Hall–Kier alpha value is -2.69. The van der Waals surface area contributed by atoms with E-state index in [1.807, 2.05) is 0 Å². The van der Waals surface area contributed by atoms with Gasteiger partial charge in [-0.15, -0.1) is 0 Å². The number of rotatable bonds is 3. The van der Waals surface area contributed by atoms with E-state index in [1.54, 1.807) is 18.5 Å². The highest BCUT2D eigenvalue weighted by Gasteiger charge is 2.51. The Morgan fingerprint density at radius 3 is 2.36 bits per heavy atom. The van der Waals surface area contributed by atoms with Crippen molar-refractivity contribution in [3.63, 3.8) is 0 Å². The van der Waals surface area contributed by atoms with Crippen LogP contribution in [-0.4, -0.2) is 21.1 Å². The van der Waals surface area contributed by atoms with Crippen molar-refractivity contribution in [2.75, 3.05) is 5.32 Å². The largest absolute Gasteiger partial charge is 0.322 e. The summed E-state index contributed by atoms with van der Waals surface area (Å²) in [6.07, 6.45) is 11.7. The van der Waals surface area contributed by atoms with Crippen molar-refractivity contribution in [3.05, 3.63) is 53.9 Å².